The summed E-state index contributed by atoms with van der Waals surface area (Å²) in [7, 11) is 1.57. The molecule has 1 N–H and O–H groups in total. The highest BCUT2D eigenvalue weighted by Crippen LogP contribution is 2.24. The monoisotopic (exact) mass is 375 g/mol. The molecule has 0 heterocycles. The largest absolute Gasteiger partial charge is 0.444 e. The van der Waals surface area contributed by atoms with Gasteiger partial charge in [0.25, 0.3) is 9.05 Å². The number of amides is 1. The molecule has 5 nitrogen and oxygen atoms in total. The Balaban J connectivity index is 1.70. The Morgan fingerprint density at radius 1 is 0.960 bits per heavy atom. The van der Waals surface area contributed by atoms with Crippen LogP contribution in [0.15, 0.2) is 71.6 Å². The number of carbonyl (C=O) groups is 1. The number of ether oxygens (including phenoxy) is 1. The first-order valence-corrected chi connectivity index (χ1v) is 9.69. The Labute approximate surface area is 149 Å². The van der Waals surface area contributed by atoms with Crippen LogP contribution >= 0.6 is 10.7 Å². The number of anilines is 1. The maximum absolute atomic E-state index is 11.9. The van der Waals surface area contributed by atoms with Crippen molar-refractivity contribution >= 4 is 42.3 Å². The van der Waals surface area contributed by atoms with Crippen LogP contribution in [0, 0.1) is 0 Å². The van der Waals surface area contributed by atoms with Gasteiger partial charge in [-0.3, -0.25) is 5.32 Å². The second-order valence-electron chi connectivity index (χ2n) is 5.35. The Morgan fingerprint density at radius 2 is 1.64 bits per heavy atom. The van der Waals surface area contributed by atoms with E-state index in [0.717, 1.165) is 10.9 Å². The normalized spacial score (nSPS) is 11.2. The SMILES string of the molecule is O=C(Nc1ccc2cc(S(=O)(=O)Cl)ccc2c1)OCc1ccccc1. The zero-order valence-electron chi connectivity index (χ0n) is 13.0. The minimum Gasteiger partial charge on any atom is -0.444 e. The third-order valence-electron chi connectivity index (χ3n) is 3.55. The fourth-order valence-electron chi connectivity index (χ4n) is 2.33. The summed E-state index contributed by atoms with van der Waals surface area (Å²) in [6.07, 6.45) is -0.567. The average molecular weight is 376 g/mol. The molecule has 128 valence electrons. The van der Waals surface area contributed by atoms with Crippen molar-refractivity contribution in [2.24, 2.45) is 0 Å². The van der Waals surface area contributed by atoms with Crippen LogP contribution in [0.3, 0.4) is 0 Å². The molecular weight excluding hydrogens is 362 g/mol. The van der Waals surface area contributed by atoms with Crippen LogP contribution in [-0.4, -0.2) is 14.5 Å². The molecular formula is C18H14ClNO4S. The molecule has 1 amide bonds. The quantitative estimate of drug-likeness (QED) is 0.680. The third kappa shape index (κ3) is 4.49. The molecule has 0 unspecified atom stereocenters. The summed E-state index contributed by atoms with van der Waals surface area (Å²) in [6.45, 7) is 0.178. The molecule has 0 bridgehead atoms. The van der Waals surface area contributed by atoms with Crippen LogP contribution in [0.1, 0.15) is 5.56 Å². The van der Waals surface area contributed by atoms with Gasteiger partial charge in [0.05, 0.1) is 4.90 Å². The first kappa shape index (κ1) is 17.3. The fraction of sp³-hybridized carbons (Fsp3) is 0.0556. The van der Waals surface area contributed by atoms with E-state index in [4.69, 9.17) is 15.4 Å². The van der Waals surface area contributed by atoms with Gasteiger partial charge in [-0.2, -0.15) is 0 Å². The number of hydrogen-bond donors (Lipinski definition) is 1. The van der Waals surface area contributed by atoms with E-state index in [1.54, 1.807) is 24.3 Å². The molecule has 0 saturated carbocycles. The maximum Gasteiger partial charge on any atom is 0.411 e. The molecule has 0 aliphatic carbocycles. The molecule has 3 rings (SSSR count). The minimum absolute atomic E-state index is 0.0321. The summed E-state index contributed by atoms with van der Waals surface area (Å²) in [5, 5.41) is 4.11. The Hall–Kier alpha value is -2.57. The lowest BCUT2D eigenvalue weighted by Crippen LogP contribution is -2.13. The van der Waals surface area contributed by atoms with Crippen LogP contribution in [0.2, 0.25) is 0 Å². The van der Waals surface area contributed by atoms with E-state index in [1.165, 1.54) is 12.1 Å². The molecule has 0 atom stereocenters. The van der Waals surface area contributed by atoms with Crippen molar-refractivity contribution in [1.82, 2.24) is 0 Å². The summed E-state index contributed by atoms with van der Waals surface area (Å²) in [4.78, 5) is 11.9. The Bertz CT molecular complexity index is 1020. The molecule has 0 saturated heterocycles. The van der Waals surface area contributed by atoms with Gasteiger partial charge < -0.3 is 4.74 Å². The predicted molar refractivity (Wildman–Crippen MR) is 97.2 cm³/mol. The number of benzene rings is 3. The summed E-state index contributed by atoms with van der Waals surface area (Å²) < 4.78 is 27.9. The van der Waals surface area contributed by atoms with Gasteiger partial charge in [-0.25, -0.2) is 13.2 Å². The highest BCUT2D eigenvalue weighted by molar-refractivity contribution is 8.13. The summed E-state index contributed by atoms with van der Waals surface area (Å²) in [5.74, 6) is 0. The van der Waals surface area contributed by atoms with Gasteiger partial charge in [0.15, 0.2) is 0 Å². The topological polar surface area (TPSA) is 72.5 Å². The Morgan fingerprint density at radius 3 is 2.36 bits per heavy atom. The molecule has 0 aliphatic heterocycles. The number of nitrogens with one attached hydrogen (secondary N) is 1. The van der Waals surface area contributed by atoms with Crippen LogP contribution in [0.4, 0.5) is 10.5 Å². The fourth-order valence-corrected chi connectivity index (χ4v) is 3.12. The molecule has 0 aromatic heterocycles. The van der Waals surface area contributed by atoms with E-state index >= 15 is 0 Å². The van der Waals surface area contributed by atoms with Crippen molar-refractivity contribution in [3.05, 3.63) is 72.3 Å². The Kier molecular flexibility index (Phi) is 4.92. The summed E-state index contributed by atoms with van der Waals surface area (Å²) >= 11 is 0. The number of fused-ring (bicyclic) bond motifs is 1. The van der Waals surface area contributed by atoms with E-state index in [9.17, 15) is 13.2 Å². The average Bonchev–Trinajstić information content (AvgIpc) is 2.59. The lowest BCUT2D eigenvalue weighted by molar-refractivity contribution is 0.155. The van der Waals surface area contributed by atoms with E-state index < -0.39 is 15.1 Å². The molecule has 0 spiro atoms. The van der Waals surface area contributed by atoms with Crippen molar-refractivity contribution in [1.29, 1.82) is 0 Å². The zero-order valence-corrected chi connectivity index (χ0v) is 14.5. The maximum atomic E-state index is 11.9. The predicted octanol–water partition coefficient (Wildman–Crippen LogP) is 4.52. The molecule has 0 fully saturated rings. The molecule has 0 radical (unpaired) electrons. The molecule has 3 aromatic carbocycles. The van der Waals surface area contributed by atoms with Crippen molar-refractivity contribution < 1.29 is 17.9 Å². The smallest absolute Gasteiger partial charge is 0.411 e. The first-order chi connectivity index (χ1) is 11.9. The van der Waals surface area contributed by atoms with Gasteiger partial charge in [0.1, 0.15) is 6.61 Å². The van der Waals surface area contributed by atoms with Gasteiger partial charge in [-0.1, -0.05) is 42.5 Å². The van der Waals surface area contributed by atoms with Crippen molar-refractivity contribution in [3.8, 4) is 0 Å². The standard InChI is InChI=1S/C18H14ClNO4S/c19-25(22,23)17-9-7-14-10-16(8-6-15(14)11-17)20-18(21)24-12-13-4-2-1-3-5-13/h1-11H,12H2,(H,20,21). The number of hydrogen-bond acceptors (Lipinski definition) is 4. The zero-order chi connectivity index (χ0) is 17.9. The lowest BCUT2D eigenvalue weighted by Gasteiger charge is -2.08. The number of carbonyl (C=O) groups excluding carboxylic acids is 1. The highest BCUT2D eigenvalue weighted by Gasteiger charge is 2.11. The molecule has 3 aromatic rings. The molecule has 25 heavy (non-hydrogen) atoms. The van der Waals surface area contributed by atoms with Crippen LogP contribution in [0.5, 0.6) is 0 Å². The van der Waals surface area contributed by atoms with Crippen molar-refractivity contribution in [2.45, 2.75) is 11.5 Å². The van der Waals surface area contributed by atoms with Crippen molar-refractivity contribution in [3.63, 3.8) is 0 Å². The van der Waals surface area contributed by atoms with Gasteiger partial charge in [-0.15, -0.1) is 0 Å². The van der Waals surface area contributed by atoms with Gasteiger partial charge in [-0.05, 0) is 40.6 Å². The van der Waals surface area contributed by atoms with E-state index in [1.807, 2.05) is 30.3 Å². The highest BCUT2D eigenvalue weighted by atomic mass is 35.7. The lowest BCUT2D eigenvalue weighted by atomic mass is 10.1. The van der Waals surface area contributed by atoms with E-state index in [2.05, 4.69) is 5.32 Å². The van der Waals surface area contributed by atoms with E-state index in [-0.39, 0.29) is 11.5 Å². The van der Waals surface area contributed by atoms with Crippen molar-refractivity contribution in [2.75, 3.05) is 5.32 Å². The first-order valence-electron chi connectivity index (χ1n) is 7.38. The van der Waals surface area contributed by atoms with E-state index in [0.29, 0.717) is 11.1 Å². The van der Waals surface area contributed by atoms with Crippen LogP contribution in [0.25, 0.3) is 10.8 Å². The van der Waals surface area contributed by atoms with Crippen LogP contribution < -0.4 is 5.32 Å². The molecule has 0 aliphatic rings. The van der Waals surface area contributed by atoms with Gasteiger partial charge in [0.2, 0.25) is 0 Å². The second-order valence-corrected chi connectivity index (χ2v) is 7.91. The number of rotatable bonds is 4. The van der Waals surface area contributed by atoms with Gasteiger partial charge in [0, 0.05) is 16.4 Å². The molecule has 7 heteroatoms. The minimum atomic E-state index is -3.77. The number of halogens is 1. The summed E-state index contributed by atoms with van der Waals surface area (Å²) in [5.41, 5.74) is 1.44. The third-order valence-corrected chi connectivity index (χ3v) is 4.90. The summed E-state index contributed by atoms with van der Waals surface area (Å²) in [6, 6.07) is 19.0. The second kappa shape index (κ2) is 7.13. The van der Waals surface area contributed by atoms with Crippen LogP contribution in [-0.2, 0) is 20.4 Å². The van der Waals surface area contributed by atoms with Gasteiger partial charge >= 0.3 is 6.09 Å².